The summed E-state index contributed by atoms with van der Waals surface area (Å²) in [6.45, 7) is 3.59. The van der Waals surface area contributed by atoms with Crippen LogP contribution in [0.25, 0.3) is 0 Å². The Morgan fingerprint density at radius 2 is 1.59 bits per heavy atom. The third-order valence-corrected chi connectivity index (χ3v) is 5.78. The van der Waals surface area contributed by atoms with E-state index in [0.717, 1.165) is 17.7 Å². The van der Waals surface area contributed by atoms with Crippen LogP contribution in [0.2, 0.25) is 10.0 Å². The van der Waals surface area contributed by atoms with E-state index in [1.807, 2.05) is 31.2 Å². The van der Waals surface area contributed by atoms with Crippen LogP contribution in [0.15, 0.2) is 42.5 Å². The first-order valence-electron chi connectivity index (χ1n) is 10.2. The summed E-state index contributed by atoms with van der Waals surface area (Å²) < 4.78 is 0. The molecular weight excluding hydrogens is 451 g/mol. The number of amides is 3. The lowest BCUT2D eigenvalue weighted by Crippen LogP contribution is -2.48. The highest BCUT2D eigenvalue weighted by Crippen LogP contribution is 2.25. The standard InChI is InChI=1S/C23H28Cl2N4O3/c1-5-16-8-6-7-9-20(16)27-22(31)14-29(4)23(32)15(2)28(3)13-21(30)26-17-10-11-18(24)19(25)12-17/h6-12,15H,5,13-14H2,1-4H3,(H,26,30)(H,27,31). The summed E-state index contributed by atoms with van der Waals surface area (Å²) in [5, 5.41) is 6.30. The predicted octanol–water partition coefficient (Wildman–Crippen LogP) is 3.91. The minimum Gasteiger partial charge on any atom is -0.335 e. The van der Waals surface area contributed by atoms with Crippen molar-refractivity contribution in [2.24, 2.45) is 0 Å². The van der Waals surface area contributed by atoms with Crippen molar-refractivity contribution in [1.82, 2.24) is 9.80 Å². The third kappa shape index (κ3) is 7.22. The summed E-state index contributed by atoms with van der Waals surface area (Å²) in [7, 11) is 3.23. The molecule has 0 aliphatic heterocycles. The molecule has 2 N–H and O–H groups in total. The van der Waals surface area contributed by atoms with Crippen molar-refractivity contribution in [1.29, 1.82) is 0 Å². The first kappa shape index (κ1) is 25.6. The second-order valence-corrected chi connectivity index (χ2v) is 8.34. The Hall–Kier alpha value is -2.61. The molecule has 0 aliphatic carbocycles. The topological polar surface area (TPSA) is 81.8 Å². The summed E-state index contributed by atoms with van der Waals surface area (Å²) in [4.78, 5) is 40.5. The molecule has 32 heavy (non-hydrogen) atoms. The number of carbonyl (C=O) groups excluding carboxylic acids is 3. The summed E-state index contributed by atoms with van der Waals surface area (Å²) in [5.74, 6) is -0.857. The average molecular weight is 479 g/mol. The zero-order chi connectivity index (χ0) is 23.8. The number of carbonyl (C=O) groups is 3. The van der Waals surface area contributed by atoms with E-state index in [9.17, 15) is 14.4 Å². The summed E-state index contributed by atoms with van der Waals surface area (Å²) >= 11 is 11.8. The van der Waals surface area contributed by atoms with Crippen LogP contribution < -0.4 is 10.6 Å². The molecule has 1 unspecified atom stereocenters. The molecule has 0 heterocycles. The van der Waals surface area contributed by atoms with E-state index in [1.165, 1.54) is 4.90 Å². The summed E-state index contributed by atoms with van der Waals surface area (Å²) in [5.41, 5.74) is 2.28. The van der Waals surface area contributed by atoms with Crippen LogP contribution in [0.1, 0.15) is 19.4 Å². The van der Waals surface area contributed by atoms with Crippen molar-refractivity contribution in [2.45, 2.75) is 26.3 Å². The van der Waals surface area contributed by atoms with Crippen LogP contribution >= 0.6 is 23.2 Å². The van der Waals surface area contributed by atoms with Crippen LogP contribution in [-0.2, 0) is 20.8 Å². The number of hydrogen-bond acceptors (Lipinski definition) is 4. The van der Waals surface area contributed by atoms with Gasteiger partial charge in [-0.15, -0.1) is 0 Å². The molecule has 0 saturated heterocycles. The van der Waals surface area contributed by atoms with Gasteiger partial charge < -0.3 is 15.5 Å². The zero-order valence-corrected chi connectivity index (χ0v) is 20.1. The molecule has 0 aliphatic rings. The Morgan fingerprint density at radius 3 is 2.25 bits per heavy atom. The Balaban J connectivity index is 1.88. The molecule has 2 aromatic carbocycles. The van der Waals surface area contributed by atoms with Gasteiger partial charge in [0.25, 0.3) is 0 Å². The van der Waals surface area contributed by atoms with E-state index in [4.69, 9.17) is 23.2 Å². The molecule has 7 nitrogen and oxygen atoms in total. The maximum absolute atomic E-state index is 12.8. The fraction of sp³-hybridized carbons (Fsp3) is 0.348. The van der Waals surface area contributed by atoms with Crippen molar-refractivity contribution in [3.05, 3.63) is 58.1 Å². The fourth-order valence-electron chi connectivity index (χ4n) is 3.08. The lowest BCUT2D eigenvalue weighted by molar-refractivity contribution is -0.137. The lowest BCUT2D eigenvalue weighted by Gasteiger charge is -2.27. The predicted molar refractivity (Wildman–Crippen MR) is 129 cm³/mol. The van der Waals surface area contributed by atoms with Crippen molar-refractivity contribution in [2.75, 3.05) is 37.8 Å². The molecule has 3 amide bonds. The van der Waals surface area contributed by atoms with Gasteiger partial charge in [-0.25, -0.2) is 0 Å². The van der Waals surface area contributed by atoms with Gasteiger partial charge in [0.05, 0.1) is 29.2 Å². The van der Waals surface area contributed by atoms with Gasteiger partial charge in [0.2, 0.25) is 17.7 Å². The van der Waals surface area contributed by atoms with Crippen LogP contribution in [0.5, 0.6) is 0 Å². The van der Waals surface area contributed by atoms with E-state index in [0.29, 0.717) is 15.7 Å². The average Bonchev–Trinajstić information content (AvgIpc) is 2.75. The van der Waals surface area contributed by atoms with Gasteiger partial charge in [0.1, 0.15) is 0 Å². The van der Waals surface area contributed by atoms with E-state index < -0.39 is 6.04 Å². The number of anilines is 2. The number of nitrogens with zero attached hydrogens (tertiary/aromatic N) is 2. The van der Waals surface area contributed by atoms with Crippen molar-refractivity contribution in [3.63, 3.8) is 0 Å². The fourth-order valence-corrected chi connectivity index (χ4v) is 3.38. The van der Waals surface area contributed by atoms with Crippen LogP contribution in [-0.4, -0.2) is 60.7 Å². The molecule has 1 atom stereocenters. The number of aryl methyl sites for hydroxylation is 1. The Kier molecular flexibility index (Phi) is 9.50. The van der Waals surface area contributed by atoms with Gasteiger partial charge in [-0.05, 0) is 50.2 Å². The van der Waals surface area contributed by atoms with Gasteiger partial charge in [-0.3, -0.25) is 19.3 Å². The van der Waals surface area contributed by atoms with Crippen LogP contribution in [0.3, 0.4) is 0 Å². The molecule has 0 saturated carbocycles. The van der Waals surface area contributed by atoms with E-state index in [-0.39, 0.29) is 30.8 Å². The number of hydrogen-bond donors (Lipinski definition) is 2. The Bertz CT molecular complexity index is 983. The molecule has 0 radical (unpaired) electrons. The van der Waals surface area contributed by atoms with Gasteiger partial charge >= 0.3 is 0 Å². The highest BCUT2D eigenvalue weighted by molar-refractivity contribution is 6.42. The molecule has 0 spiro atoms. The maximum atomic E-state index is 12.8. The minimum absolute atomic E-state index is 0.0168. The summed E-state index contributed by atoms with van der Waals surface area (Å²) in [6.07, 6.45) is 0.789. The SMILES string of the molecule is CCc1ccccc1NC(=O)CN(C)C(=O)C(C)N(C)CC(=O)Nc1ccc(Cl)c(Cl)c1. The van der Waals surface area contributed by atoms with Crippen molar-refractivity contribution >= 4 is 52.3 Å². The maximum Gasteiger partial charge on any atom is 0.243 e. The van der Waals surface area contributed by atoms with Gasteiger partial charge in [0, 0.05) is 18.4 Å². The number of nitrogens with one attached hydrogen (secondary N) is 2. The smallest absolute Gasteiger partial charge is 0.243 e. The first-order valence-corrected chi connectivity index (χ1v) is 11.0. The number of benzene rings is 2. The second-order valence-electron chi connectivity index (χ2n) is 7.52. The molecule has 2 aromatic rings. The normalized spacial score (nSPS) is 11.7. The lowest BCUT2D eigenvalue weighted by atomic mass is 10.1. The number of halogens is 2. The molecule has 9 heteroatoms. The molecule has 172 valence electrons. The largest absolute Gasteiger partial charge is 0.335 e. The molecule has 0 aromatic heterocycles. The quantitative estimate of drug-likeness (QED) is 0.572. The highest BCUT2D eigenvalue weighted by atomic mass is 35.5. The second kappa shape index (κ2) is 11.9. The number of likely N-dealkylation sites (N-methyl/N-ethyl adjacent to an activating group) is 2. The third-order valence-electron chi connectivity index (χ3n) is 5.04. The zero-order valence-electron chi connectivity index (χ0n) is 18.6. The molecule has 0 bridgehead atoms. The van der Waals surface area contributed by atoms with Gasteiger partial charge in [-0.2, -0.15) is 0 Å². The highest BCUT2D eigenvalue weighted by Gasteiger charge is 2.24. The molecule has 2 rings (SSSR count). The van der Waals surface area contributed by atoms with Gasteiger partial charge in [-0.1, -0.05) is 48.3 Å². The van der Waals surface area contributed by atoms with Crippen LogP contribution in [0.4, 0.5) is 11.4 Å². The summed E-state index contributed by atoms with van der Waals surface area (Å²) in [6, 6.07) is 11.7. The van der Waals surface area contributed by atoms with Crippen molar-refractivity contribution < 1.29 is 14.4 Å². The number of para-hydroxylation sites is 1. The number of rotatable bonds is 9. The Morgan fingerprint density at radius 1 is 0.938 bits per heavy atom. The van der Waals surface area contributed by atoms with Crippen LogP contribution in [0, 0.1) is 0 Å². The minimum atomic E-state index is -0.602. The van der Waals surface area contributed by atoms with E-state index >= 15 is 0 Å². The van der Waals surface area contributed by atoms with Gasteiger partial charge in [0.15, 0.2) is 0 Å². The molecular formula is C23H28Cl2N4O3. The molecule has 0 fully saturated rings. The van der Waals surface area contributed by atoms with Crippen molar-refractivity contribution in [3.8, 4) is 0 Å². The first-order chi connectivity index (χ1) is 15.1. The van der Waals surface area contributed by atoms with E-state index in [2.05, 4.69) is 10.6 Å². The van der Waals surface area contributed by atoms with E-state index in [1.54, 1.807) is 44.1 Å². The monoisotopic (exact) mass is 478 g/mol. The Labute approximate surface area is 198 Å².